The van der Waals surface area contributed by atoms with Gasteiger partial charge in [0.15, 0.2) is 0 Å². The third kappa shape index (κ3) is 1.37. The fourth-order valence-electron chi connectivity index (χ4n) is 1.77. The third-order valence-electron chi connectivity index (χ3n) is 2.80. The molecule has 0 bridgehead atoms. The second-order valence-electron chi connectivity index (χ2n) is 3.77. The maximum Gasteiger partial charge on any atom is 0.132 e. The molecule has 1 aliphatic carbocycles. The fraction of sp³-hybridized carbons (Fsp3) is 0.400. The van der Waals surface area contributed by atoms with Crippen LogP contribution in [0.25, 0.3) is 0 Å². The first-order valence-electron chi connectivity index (χ1n) is 4.48. The van der Waals surface area contributed by atoms with Crippen LogP contribution in [0.15, 0.2) is 12.1 Å². The molecule has 0 atom stereocenters. The molecule has 1 aromatic carbocycles. The Morgan fingerprint density at radius 2 is 2.14 bits per heavy atom. The van der Waals surface area contributed by atoms with Gasteiger partial charge in [-0.2, -0.15) is 0 Å². The normalized spacial score (nSPS) is 18.2. The van der Waals surface area contributed by atoms with Crippen molar-refractivity contribution in [3.05, 3.63) is 28.5 Å². The van der Waals surface area contributed by atoms with Gasteiger partial charge in [0.2, 0.25) is 0 Å². The Bertz CT molecular complexity index is 353. The summed E-state index contributed by atoms with van der Waals surface area (Å²) in [6.07, 6.45) is 1.73. The molecule has 0 heterocycles. The lowest BCUT2D eigenvalue weighted by atomic mass is 9.95. The summed E-state index contributed by atoms with van der Waals surface area (Å²) >= 11 is 5.88. The van der Waals surface area contributed by atoms with Crippen LogP contribution in [-0.4, -0.2) is 11.7 Å². The van der Waals surface area contributed by atoms with Crippen molar-refractivity contribution in [3.63, 3.8) is 0 Å². The Balaban J connectivity index is 2.53. The van der Waals surface area contributed by atoms with E-state index in [1.165, 1.54) is 6.07 Å². The monoisotopic (exact) mass is 215 g/mol. The van der Waals surface area contributed by atoms with E-state index in [0.29, 0.717) is 12.1 Å². The summed E-state index contributed by atoms with van der Waals surface area (Å²) in [4.78, 5) is 0. The summed E-state index contributed by atoms with van der Waals surface area (Å²) in [6.45, 7) is 0.397. The number of aromatic hydroxyl groups is 1. The Hall–Kier alpha value is -0.800. The lowest BCUT2D eigenvalue weighted by Gasteiger charge is -2.15. The van der Waals surface area contributed by atoms with Crippen molar-refractivity contribution in [1.29, 1.82) is 0 Å². The van der Waals surface area contributed by atoms with Crippen LogP contribution >= 0.6 is 11.6 Å². The van der Waals surface area contributed by atoms with Crippen molar-refractivity contribution in [1.82, 2.24) is 0 Å². The van der Waals surface area contributed by atoms with Gasteiger partial charge in [-0.1, -0.05) is 11.6 Å². The van der Waals surface area contributed by atoms with Gasteiger partial charge in [-0.25, -0.2) is 4.39 Å². The lowest BCUT2D eigenvalue weighted by Crippen LogP contribution is -2.21. The van der Waals surface area contributed by atoms with Gasteiger partial charge in [-0.05, 0) is 18.9 Å². The summed E-state index contributed by atoms with van der Waals surface area (Å²) in [5, 5.41) is 9.39. The Morgan fingerprint density at radius 1 is 1.50 bits per heavy atom. The molecule has 1 aromatic rings. The zero-order valence-electron chi connectivity index (χ0n) is 7.56. The van der Waals surface area contributed by atoms with Gasteiger partial charge < -0.3 is 10.8 Å². The van der Waals surface area contributed by atoms with E-state index >= 15 is 0 Å². The molecule has 1 fully saturated rings. The van der Waals surface area contributed by atoms with Crippen molar-refractivity contribution in [3.8, 4) is 5.75 Å². The van der Waals surface area contributed by atoms with Gasteiger partial charge >= 0.3 is 0 Å². The number of halogens is 2. The molecule has 2 rings (SSSR count). The number of hydrogen-bond acceptors (Lipinski definition) is 2. The van der Waals surface area contributed by atoms with Crippen molar-refractivity contribution < 1.29 is 9.50 Å². The number of rotatable bonds is 2. The first-order valence-corrected chi connectivity index (χ1v) is 4.85. The largest absolute Gasteiger partial charge is 0.508 e. The predicted molar refractivity (Wildman–Crippen MR) is 53.0 cm³/mol. The van der Waals surface area contributed by atoms with Gasteiger partial charge in [-0.3, -0.25) is 0 Å². The van der Waals surface area contributed by atoms with Crippen LogP contribution in [0.1, 0.15) is 18.4 Å². The quantitative estimate of drug-likeness (QED) is 0.794. The van der Waals surface area contributed by atoms with E-state index in [4.69, 9.17) is 22.4 Å². The molecule has 0 radical (unpaired) electrons. The number of hydrogen-bond donors (Lipinski definition) is 2. The highest BCUT2D eigenvalue weighted by Crippen LogP contribution is 2.51. The number of phenolic OH excluding ortho intramolecular Hbond substituents is 1. The topological polar surface area (TPSA) is 46.2 Å². The zero-order valence-corrected chi connectivity index (χ0v) is 8.31. The van der Waals surface area contributed by atoms with Crippen LogP contribution in [0.2, 0.25) is 5.02 Å². The molecule has 0 aromatic heterocycles. The predicted octanol–water partition coefficient (Wildman–Crippen LogP) is 2.17. The summed E-state index contributed by atoms with van der Waals surface area (Å²) in [5.74, 6) is -0.609. The Labute approximate surface area is 86.5 Å². The Kier molecular flexibility index (Phi) is 2.16. The van der Waals surface area contributed by atoms with Crippen LogP contribution < -0.4 is 5.73 Å². The minimum Gasteiger partial charge on any atom is -0.508 e. The first kappa shape index (κ1) is 9.74. The molecule has 0 unspecified atom stereocenters. The second-order valence-corrected chi connectivity index (χ2v) is 4.18. The molecule has 1 saturated carbocycles. The van der Waals surface area contributed by atoms with Gasteiger partial charge in [0.1, 0.15) is 11.6 Å². The molecule has 14 heavy (non-hydrogen) atoms. The number of phenols is 1. The molecular formula is C10H11ClFNO. The van der Waals surface area contributed by atoms with Crippen molar-refractivity contribution in [2.45, 2.75) is 18.3 Å². The molecule has 0 aliphatic heterocycles. The van der Waals surface area contributed by atoms with E-state index in [1.54, 1.807) is 0 Å². The second kappa shape index (κ2) is 3.11. The van der Waals surface area contributed by atoms with Crippen LogP contribution in [-0.2, 0) is 5.41 Å². The number of benzene rings is 1. The molecule has 0 spiro atoms. The SMILES string of the molecule is NCC1(c2c(F)cc(O)cc2Cl)CC1. The van der Waals surface area contributed by atoms with E-state index in [2.05, 4.69) is 0 Å². The fourth-order valence-corrected chi connectivity index (χ4v) is 2.18. The van der Waals surface area contributed by atoms with Crippen LogP contribution in [0, 0.1) is 5.82 Å². The first-order chi connectivity index (χ1) is 6.59. The van der Waals surface area contributed by atoms with Crippen LogP contribution in [0.3, 0.4) is 0 Å². The van der Waals surface area contributed by atoms with Gasteiger partial charge in [0, 0.05) is 23.6 Å². The molecular weight excluding hydrogens is 205 g/mol. The maximum atomic E-state index is 13.5. The van der Waals surface area contributed by atoms with E-state index < -0.39 is 5.82 Å². The third-order valence-corrected chi connectivity index (χ3v) is 3.10. The highest BCUT2D eigenvalue weighted by Gasteiger charge is 2.46. The summed E-state index contributed by atoms with van der Waals surface area (Å²) in [5.41, 5.74) is 5.76. The summed E-state index contributed by atoms with van der Waals surface area (Å²) < 4.78 is 13.5. The van der Waals surface area contributed by atoms with Gasteiger partial charge in [0.25, 0.3) is 0 Å². The molecule has 4 heteroatoms. The average Bonchev–Trinajstić information content (AvgIpc) is 2.83. The minimum absolute atomic E-state index is 0.149. The van der Waals surface area contributed by atoms with E-state index in [1.807, 2.05) is 0 Å². The van der Waals surface area contributed by atoms with E-state index in [9.17, 15) is 4.39 Å². The number of nitrogens with two attached hydrogens (primary N) is 1. The van der Waals surface area contributed by atoms with Crippen molar-refractivity contribution in [2.75, 3.05) is 6.54 Å². The zero-order chi connectivity index (χ0) is 10.3. The average molecular weight is 216 g/mol. The van der Waals surface area contributed by atoms with Crippen molar-refractivity contribution >= 4 is 11.6 Å². The smallest absolute Gasteiger partial charge is 0.132 e. The highest BCUT2D eigenvalue weighted by molar-refractivity contribution is 6.31. The minimum atomic E-state index is -0.460. The van der Waals surface area contributed by atoms with Crippen LogP contribution in [0.5, 0.6) is 5.75 Å². The van der Waals surface area contributed by atoms with E-state index in [0.717, 1.165) is 18.9 Å². The standard InChI is InChI=1S/C10H11ClFNO/c11-7-3-6(14)4-8(12)9(7)10(5-13)1-2-10/h3-4,14H,1-2,5,13H2. The molecule has 2 nitrogen and oxygen atoms in total. The van der Waals surface area contributed by atoms with Crippen molar-refractivity contribution in [2.24, 2.45) is 5.73 Å². The lowest BCUT2D eigenvalue weighted by molar-refractivity contribution is 0.466. The molecule has 0 saturated heterocycles. The summed E-state index contributed by atoms with van der Waals surface area (Å²) in [6, 6.07) is 2.44. The van der Waals surface area contributed by atoms with Crippen LogP contribution in [0.4, 0.5) is 4.39 Å². The van der Waals surface area contributed by atoms with E-state index in [-0.39, 0.29) is 16.2 Å². The molecule has 76 valence electrons. The molecule has 0 amide bonds. The summed E-state index contributed by atoms with van der Waals surface area (Å²) in [7, 11) is 0. The Morgan fingerprint density at radius 3 is 2.57 bits per heavy atom. The highest BCUT2D eigenvalue weighted by atomic mass is 35.5. The maximum absolute atomic E-state index is 13.5. The molecule has 3 N–H and O–H groups in total. The molecule has 1 aliphatic rings. The van der Waals surface area contributed by atoms with Gasteiger partial charge in [-0.15, -0.1) is 0 Å². The van der Waals surface area contributed by atoms with Gasteiger partial charge in [0.05, 0.1) is 5.02 Å².